The average molecular weight is 250 g/mol. The molecule has 96 valence electrons. The minimum Gasteiger partial charge on any atom is -0.493 e. The van der Waals surface area contributed by atoms with E-state index in [1.807, 2.05) is 0 Å². The molecule has 3 nitrogen and oxygen atoms in total. The molecule has 18 heavy (non-hydrogen) atoms. The Bertz CT molecular complexity index is 464. The van der Waals surface area contributed by atoms with E-state index in [0.29, 0.717) is 17.9 Å². The predicted octanol–water partition coefficient (Wildman–Crippen LogP) is 3.10. The molecule has 1 aromatic rings. The SMILES string of the molecule is O=C(O)/C=C/c1cc(F)cc(OCCC2CC2)c1. The first kappa shape index (κ1) is 12.6. The van der Waals surface area contributed by atoms with E-state index in [1.54, 1.807) is 6.07 Å². The molecule has 1 aliphatic carbocycles. The monoisotopic (exact) mass is 250 g/mol. The van der Waals surface area contributed by atoms with Gasteiger partial charge >= 0.3 is 5.97 Å². The average Bonchev–Trinajstić information content (AvgIpc) is 3.10. The van der Waals surface area contributed by atoms with E-state index in [-0.39, 0.29) is 0 Å². The Morgan fingerprint density at radius 1 is 1.44 bits per heavy atom. The second-order valence-corrected chi connectivity index (χ2v) is 4.47. The molecule has 4 heteroatoms. The lowest BCUT2D eigenvalue weighted by atomic mass is 10.2. The van der Waals surface area contributed by atoms with E-state index in [0.717, 1.165) is 18.4 Å². The van der Waals surface area contributed by atoms with Crippen LogP contribution in [0.25, 0.3) is 6.08 Å². The molecule has 0 amide bonds. The number of carbonyl (C=O) groups is 1. The molecule has 1 aromatic carbocycles. The molecule has 0 aromatic heterocycles. The molecule has 1 aliphatic rings. The summed E-state index contributed by atoms with van der Waals surface area (Å²) < 4.78 is 18.8. The van der Waals surface area contributed by atoms with Gasteiger partial charge in [0.25, 0.3) is 0 Å². The largest absolute Gasteiger partial charge is 0.493 e. The van der Waals surface area contributed by atoms with Crippen LogP contribution in [0, 0.1) is 11.7 Å². The molecule has 1 N–H and O–H groups in total. The molecular weight excluding hydrogens is 235 g/mol. The van der Waals surface area contributed by atoms with Gasteiger partial charge in [-0.3, -0.25) is 0 Å². The van der Waals surface area contributed by atoms with Gasteiger partial charge in [0.1, 0.15) is 11.6 Å². The normalized spacial score (nSPS) is 14.9. The molecular formula is C14H15FO3. The van der Waals surface area contributed by atoms with Crippen molar-refractivity contribution in [1.82, 2.24) is 0 Å². The van der Waals surface area contributed by atoms with Crippen molar-refractivity contribution in [2.24, 2.45) is 5.92 Å². The van der Waals surface area contributed by atoms with Gasteiger partial charge in [-0.05, 0) is 36.1 Å². The van der Waals surface area contributed by atoms with Gasteiger partial charge < -0.3 is 9.84 Å². The third-order valence-corrected chi connectivity index (χ3v) is 2.80. The van der Waals surface area contributed by atoms with Gasteiger partial charge in [-0.25, -0.2) is 9.18 Å². The van der Waals surface area contributed by atoms with Crippen LogP contribution in [-0.2, 0) is 4.79 Å². The van der Waals surface area contributed by atoms with Gasteiger partial charge in [0.2, 0.25) is 0 Å². The van der Waals surface area contributed by atoms with E-state index < -0.39 is 11.8 Å². The predicted molar refractivity (Wildman–Crippen MR) is 65.9 cm³/mol. The fourth-order valence-corrected chi connectivity index (χ4v) is 1.68. The summed E-state index contributed by atoms with van der Waals surface area (Å²) in [7, 11) is 0. The number of carboxylic acid groups (broad SMARTS) is 1. The summed E-state index contributed by atoms with van der Waals surface area (Å²) in [4.78, 5) is 10.4. The number of hydrogen-bond donors (Lipinski definition) is 1. The van der Waals surface area contributed by atoms with Crippen molar-refractivity contribution < 1.29 is 19.0 Å². The first-order valence-corrected chi connectivity index (χ1v) is 5.98. The Kier molecular flexibility index (Phi) is 3.97. The first-order chi connectivity index (χ1) is 8.63. The van der Waals surface area contributed by atoms with Crippen molar-refractivity contribution in [2.45, 2.75) is 19.3 Å². The maximum Gasteiger partial charge on any atom is 0.328 e. The van der Waals surface area contributed by atoms with Crippen LogP contribution in [0.1, 0.15) is 24.8 Å². The quantitative estimate of drug-likeness (QED) is 0.789. The zero-order chi connectivity index (χ0) is 13.0. The van der Waals surface area contributed by atoms with Gasteiger partial charge in [0.15, 0.2) is 0 Å². The summed E-state index contributed by atoms with van der Waals surface area (Å²) in [6.07, 6.45) is 5.84. The summed E-state index contributed by atoms with van der Waals surface area (Å²) in [6.45, 7) is 0.580. The van der Waals surface area contributed by atoms with Gasteiger partial charge in [0.05, 0.1) is 6.61 Å². The number of ether oxygens (including phenoxy) is 1. The number of benzene rings is 1. The minimum absolute atomic E-state index is 0.427. The second-order valence-electron chi connectivity index (χ2n) is 4.47. The van der Waals surface area contributed by atoms with E-state index >= 15 is 0 Å². The molecule has 0 heterocycles. The van der Waals surface area contributed by atoms with E-state index in [9.17, 15) is 9.18 Å². The Morgan fingerprint density at radius 3 is 2.89 bits per heavy atom. The maximum absolute atomic E-state index is 13.3. The summed E-state index contributed by atoms with van der Waals surface area (Å²) in [5.74, 6) is -0.273. The Morgan fingerprint density at radius 2 is 2.22 bits per heavy atom. The third kappa shape index (κ3) is 4.20. The fourth-order valence-electron chi connectivity index (χ4n) is 1.68. The summed E-state index contributed by atoms with van der Waals surface area (Å²) in [5, 5.41) is 8.51. The van der Waals surface area contributed by atoms with Crippen molar-refractivity contribution in [3.05, 3.63) is 35.7 Å². The lowest BCUT2D eigenvalue weighted by molar-refractivity contribution is -0.131. The topological polar surface area (TPSA) is 46.5 Å². The van der Waals surface area contributed by atoms with Crippen LogP contribution in [0.15, 0.2) is 24.3 Å². The Balaban J connectivity index is 1.97. The van der Waals surface area contributed by atoms with Crippen LogP contribution in [0.4, 0.5) is 4.39 Å². The van der Waals surface area contributed by atoms with Crippen molar-refractivity contribution in [3.8, 4) is 5.75 Å². The molecule has 0 bridgehead atoms. The highest BCUT2D eigenvalue weighted by Crippen LogP contribution is 2.32. The minimum atomic E-state index is -1.06. The first-order valence-electron chi connectivity index (χ1n) is 5.98. The fraction of sp³-hybridized carbons (Fsp3) is 0.357. The molecule has 0 aliphatic heterocycles. The Labute approximate surface area is 105 Å². The molecule has 0 unspecified atom stereocenters. The van der Waals surface area contributed by atoms with Gasteiger partial charge in [0, 0.05) is 12.1 Å². The summed E-state index contributed by atoms with van der Waals surface area (Å²) in [5.41, 5.74) is 0.485. The van der Waals surface area contributed by atoms with Crippen molar-refractivity contribution in [3.63, 3.8) is 0 Å². The van der Waals surface area contributed by atoms with Gasteiger partial charge in [-0.1, -0.05) is 12.8 Å². The third-order valence-electron chi connectivity index (χ3n) is 2.80. The standard InChI is InChI=1S/C14H15FO3/c15-12-7-11(3-4-14(16)17)8-13(9-12)18-6-5-10-1-2-10/h3-4,7-10H,1-2,5-6H2,(H,16,17)/b4-3+. The van der Waals surface area contributed by atoms with E-state index in [4.69, 9.17) is 9.84 Å². The second kappa shape index (κ2) is 5.67. The number of hydrogen-bond acceptors (Lipinski definition) is 2. The molecule has 0 saturated heterocycles. The maximum atomic E-state index is 13.3. The van der Waals surface area contributed by atoms with Crippen LogP contribution in [0.3, 0.4) is 0 Å². The van der Waals surface area contributed by atoms with Crippen LogP contribution in [-0.4, -0.2) is 17.7 Å². The number of halogens is 1. The summed E-state index contributed by atoms with van der Waals surface area (Å²) in [6, 6.07) is 4.22. The molecule has 1 fully saturated rings. The zero-order valence-electron chi connectivity index (χ0n) is 9.93. The van der Waals surface area contributed by atoms with Crippen molar-refractivity contribution in [2.75, 3.05) is 6.61 Å². The van der Waals surface area contributed by atoms with Crippen LogP contribution >= 0.6 is 0 Å². The highest BCUT2D eigenvalue weighted by Gasteiger charge is 2.20. The van der Waals surface area contributed by atoms with Crippen molar-refractivity contribution >= 4 is 12.0 Å². The van der Waals surface area contributed by atoms with Gasteiger partial charge in [-0.2, -0.15) is 0 Å². The van der Waals surface area contributed by atoms with Crippen LogP contribution < -0.4 is 4.74 Å². The Hall–Kier alpha value is -1.84. The molecule has 1 saturated carbocycles. The van der Waals surface area contributed by atoms with Crippen LogP contribution in [0.2, 0.25) is 0 Å². The smallest absolute Gasteiger partial charge is 0.328 e. The molecule has 2 rings (SSSR count). The van der Waals surface area contributed by atoms with E-state index in [1.165, 1.54) is 31.1 Å². The number of rotatable bonds is 6. The van der Waals surface area contributed by atoms with Crippen molar-refractivity contribution in [1.29, 1.82) is 0 Å². The van der Waals surface area contributed by atoms with Gasteiger partial charge in [-0.15, -0.1) is 0 Å². The van der Waals surface area contributed by atoms with E-state index in [2.05, 4.69) is 0 Å². The summed E-state index contributed by atoms with van der Waals surface area (Å²) >= 11 is 0. The highest BCUT2D eigenvalue weighted by atomic mass is 19.1. The zero-order valence-corrected chi connectivity index (χ0v) is 9.93. The number of aliphatic carboxylic acids is 1. The number of carboxylic acids is 1. The molecule has 0 radical (unpaired) electrons. The van der Waals surface area contributed by atoms with Crippen LogP contribution in [0.5, 0.6) is 5.75 Å². The highest BCUT2D eigenvalue weighted by molar-refractivity contribution is 5.85. The lowest BCUT2D eigenvalue weighted by Crippen LogP contribution is -1.99. The lowest BCUT2D eigenvalue weighted by Gasteiger charge is -2.06. The molecule has 0 atom stereocenters. The molecule has 0 spiro atoms.